The number of nitrogens with zero attached hydrogens (tertiary/aromatic N) is 5. The maximum absolute atomic E-state index is 12.8. The molecule has 1 unspecified atom stereocenters. The van der Waals surface area contributed by atoms with E-state index in [4.69, 9.17) is 4.98 Å². The summed E-state index contributed by atoms with van der Waals surface area (Å²) < 4.78 is 4.20. The molecule has 1 fully saturated rings. The van der Waals surface area contributed by atoms with Crippen molar-refractivity contribution in [1.29, 1.82) is 0 Å². The Labute approximate surface area is 148 Å². The fraction of sp³-hybridized carbons (Fsp3) is 0.632. The zero-order valence-electron chi connectivity index (χ0n) is 15.2. The van der Waals surface area contributed by atoms with E-state index in [0.717, 1.165) is 50.2 Å². The number of rotatable bonds is 3. The highest BCUT2D eigenvalue weighted by atomic mass is 16.2. The van der Waals surface area contributed by atoms with E-state index in [-0.39, 0.29) is 5.91 Å². The minimum absolute atomic E-state index is 0.214. The van der Waals surface area contributed by atoms with Crippen LogP contribution in [0.25, 0.3) is 0 Å². The normalized spacial score (nSPS) is 20.6. The Bertz CT molecular complexity index is 775. The Hall–Kier alpha value is -2.11. The smallest absolute Gasteiger partial charge is 0.227 e. The number of imidazole rings is 1. The van der Waals surface area contributed by atoms with Gasteiger partial charge in [0.05, 0.1) is 12.1 Å². The van der Waals surface area contributed by atoms with Crippen LogP contribution in [0.1, 0.15) is 54.4 Å². The number of carbonyl (C=O) groups is 1. The van der Waals surface area contributed by atoms with Gasteiger partial charge >= 0.3 is 0 Å². The molecule has 2 aromatic rings. The molecule has 0 aliphatic carbocycles. The number of fused-ring (bicyclic) bond motifs is 1. The molecule has 4 heterocycles. The molecule has 0 saturated carbocycles. The van der Waals surface area contributed by atoms with Crippen molar-refractivity contribution in [3.63, 3.8) is 0 Å². The lowest BCUT2D eigenvalue weighted by Gasteiger charge is -2.33. The number of piperidine rings is 1. The van der Waals surface area contributed by atoms with Crippen molar-refractivity contribution in [1.82, 2.24) is 24.2 Å². The van der Waals surface area contributed by atoms with Crippen LogP contribution in [0.5, 0.6) is 0 Å². The van der Waals surface area contributed by atoms with Crippen LogP contribution >= 0.6 is 0 Å². The summed E-state index contributed by atoms with van der Waals surface area (Å²) in [6.45, 7) is 4.72. The molecule has 4 rings (SSSR count). The van der Waals surface area contributed by atoms with Gasteiger partial charge in [0.2, 0.25) is 5.91 Å². The molecule has 1 atom stereocenters. The minimum Gasteiger partial charge on any atom is -0.342 e. The van der Waals surface area contributed by atoms with E-state index >= 15 is 0 Å². The van der Waals surface area contributed by atoms with Gasteiger partial charge in [-0.3, -0.25) is 9.48 Å². The molecule has 0 radical (unpaired) electrons. The average Bonchev–Trinajstić information content (AvgIpc) is 3.18. The molecule has 25 heavy (non-hydrogen) atoms. The number of hydrogen-bond donors (Lipinski definition) is 0. The van der Waals surface area contributed by atoms with Gasteiger partial charge in [-0.15, -0.1) is 0 Å². The summed E-state index contributed by atoms with van der Waals surface area (Å²) in [6.07, 6.45) is 10.3. The first-order chi connectivity index (χ1) is 12.1. The molecule has 1 amide bonds. The summed E-state index contributed by atoms with van der Waals surface area (Å²) >= 11 is 0. The van der Waals surface area contributed by atoms with E-state index < -0.39 is 0 Å². The first kappa shape index (κ1) is 16.4. The average molecular weight is 341 g/mol. The Morgan fingerprint density at radius 2 is 2.16 bits per heavy atom. The van der Waals surface area contributed by atoms with Crippen molar-refractivity contribution in [3.05, 3.63) is 35.2 Å². The van der Waals surface area contributed by atoms with Crippen LogP contribution in [0, 0.1) is 6.92 Å². The molecule has 6 nitrogen and oxygen atoms in total. The molecule has 2 aromatic heterocycles. The predicted molar refractivity (Wildman–Crippen MR) is 95.4 cm³/mol. The number of amides is 1. The lowest BCUT2D eigenvalue weighted by molar-refractivity contribution is -0.131. The van der Waals surface area contributed by atoms with Crippen LogP contribution in [-0.2, 0) is 31.2 Å². The molecular weight excluding hydrogens is 314 g/mol. The molecule has 0 N–H and O–H groups in total. The predicted octanol–water partition coefficient (Wildman–Crippen LogP) is 2.21. The van der Waals surface area contributed by atoms with Gasteiger partial charge in [0.25, 0.3) is 0 Å². The highest BCUT2D eigenvalue weighted by molar-refractivity contribution is 5.79. The van der Waals surface area contributed by atoms with Crippen molar-refractivity contribution in [2.45, 2.75) is 57.9 Å². The van der Waals surface area contributed by atoms with Gasteiger partial charge < -0.3 is 9.47 Å². The van der Waals surface area contributed by atoms with Crippen LogP contribution in [0.4, 0.5) is 0 Å². The topological polar surface area (TPSA) is 56.0 Å². The van der Waals surface area contributed by atoms with Gasteiger partial charge in [-0.2, -0.15) is 5.10 Å². The van der Waals surface area contributed by atoms with E-state index in [1.54, 1.807) is 4.68 Å². The van der Waals surface area contributed by atoms with E-state index in [1.165, 1.54) is 24.4 Å². The van der Waals surface area contributed by atoms with E-state index in [1.807, 2.05) is 31.3 Å². The maximum atomic E-state index is 12.8. The van der Waals surface area contributed by atoms with Gasteiger partial charge in [-0.05, 0) is 39.0 Å². The van der Waals surface area contributed by atoms with Crippen molar-refractivity contribution >= 4 is 5.91 Å². The van der Waals surface area contributed by atoms with E-state index in [9.17, 15) is 4.79 Å². The lowest BCUT2D eigenvalue weighted by Crippen LogP contribution is -2.40. The summed E-state index contributed by atoms with van der Waals surface area (Å²) in [5.74, 6) is 1.79. The van der Waals surface area contributed by atoms with Crippen molar-refractivity contribution < 1.29 is 4.79 Å². The Morgan fingerprint density at radius 1 is 1.28 bits per heavy atom. The summed E-state index contributed by atoms with van der Waals surface area (Å²) in [5.41, 5.74) is 3.36. The van der Waals surface area contributed by atoms with Gasteiger partial charge in [0.15, 0.2) is 0 Å². The number of likely N-dealkylation sites (tertiary alicyclic amines) is 1. The van der Waals surface area contributed by atoms with Crippen LogP contribution in [-0.4, -0.2) is 43.2 Å². The molecule has 134 valence electrons. The quantitative estimate of drug-likeness (QED) is 0.860. The maximum Gasteiger partial charge on any atom is 0.227 e. The van der Waals surface area contributed by atoms with E-state index in [0.29, 0.717) is 12.3 Å². The fourth-order valence-corrected chi connectivity index (χ4v) is 4.30. The highest BCUT2D eigenvalue weighted by Gasteiger charge is 2.29. The van der Waals surface area contributed by atoms with Gasteiger partial charge in [-0.25, -0.2) is 4.98 Å². The SMILES string of the molecule is Cc1nn(C)cc1CC(=O)N1CCCC(c2ncc3n2CCCC3)C1. The zero-order chi connectivity index (χ0) is 17.4. The molecule has 0 bridgehead atoms. The Morgan fingerprint density at radius 3 is 2.96 bits per heavy atom. The zero-order valence-corrected chi connectivity index (χ0v) is 15.2. The third kappa shape index (κ3) is 3.22. The number of hydrogen-bond acceptors (Lipinski definition) is 3. The van der Waals surface area contributed by atoms with Gasteiger partial charge in [-0.1, -0.05) is 0 Å². The second kappa shape index (κ2) is 6.65. The first-order valence-corrected chi connectivity index (χ1v) is 9.43. The summed E-state index contributed by atoms with van der Waals surface area (Å²) in [5, 5.41) is 4.35. The molecule has 1 saturated heterocycles. The fourth-order valence-electron chi connectivity index (χ4n) is 4.30. The van der Waals surface area contributed by atoms with Crippen LogP contribution < -0.4 is 0 Å². The van der Waals surface area contributed by atoms with Crippen molar-refractivity contribution in [2.24, 2.45) is 7.05 Å². The lowest BCUT2D eigenvalue weighted by atomic mass is 9.96. The first-order valence-electron chi connectivity index (χ1n) is 9.43. The third-order valence-corrected chi connectivity index (χ3v) is 5.63. The molecule has 0 aromatic carbocycles. The summed E-state index contributed by atoms with van der Waals surface area (Å²) in [7, 11) is 1.90. The third-order valence-electron chi connectivity index (χ3n) is 5.63. The second-order valence-electron chi connectivity index (χ2n) is 7.49. The number of carbonyl (C=O) groups excluding carboxylic acids is 1. The summed E-state index contributed by atoms with van der Waals surface area (Å²) in [4.78, 5) is 19.6. The Kier molecular flexibility index (Phi) is 4.36. The van der Waals surface area contributed by atoms with Crippen LogP contribution in [0.2, 0.25) is 0 Å². The van der Waals surface area contributed by atoms with Crippen LogP contribution in [0.3, 0.4) is 0 Å². The largest absolute Gasteiger partial charge is 0.342 e. The molecule has 6 heteroatoms. The van der Waals surface area contributed by atoms with Crippen molar-refractivity contribution in [2.75, 3.05) is 13.1 Å². The van der Waals surface area contributed by atoms with Gasteiger partial charge in [0, 0.05) is 56.3 Å². The second-order valence-corrected chi connectivity index (χ2v) is 7.49. The number of aromatic nitrogens is 4. The standard InChI is InChI=1S/C19H27N5O/c1-14-16(12-22(2)21-14)10-18(25)23-8-5-6-15(13-23)19-20-11-17-7-3-4-9-24(17)19/h11-12,15H,3-10,13H2,1-2H3. The van der Waals surface area contributed by atoms with E-state index in [2.05, 4.69) is 9.67 Å². The molecular formula is C19H27N5O. The molecule has 2 aliphatic rings. The molecule has 0 spiro atoms. The molecule has 2 aliphatic heterocycles. The summed E-state index contributed by atoms with van der Waals surface area (Å²) in [6, 6.07) is 0. The monoisotopic (exact) mass is 341 g/mol. The number of aryl methyl sites for hydroxylation is 3. The highest BCUT2D eigenvalue weighted by Crippen LogP contribution is 2.29. The van der Waals surface area contributed by atoms with Crippen LogP contribution in [0.15, 0.2) is 12.4 Å². The Balaban J connectivity index is 1.46. The minimum atomic E-state index is 0.214. The van der Waals surface area contributed by atoms with Crippen molar-refractivity contribution in [3.8, 4) is 0 Å². The van der Waals surface area contributed by atoms with Gasteiger partial charge in [0.1, 0.15) is 5.82 Å².